The Balaban J connectivity index is 1.89. The van der Waals surface area contributed by atoms with Gasteiger partial charge in [-0.2, -0.15) is 0 Å². The molecule has 2 rings (SSSR count). The lowest BCUT2D eigenvalue weighted by atomic mass is 10.2. The van der Waals surface area contributed by atoms with E-state index in [2.05, 4.69) is 13.8 Å². The minimum absolute atomic E-state index is 0.296. The lowest BCUT2D eigenvalue weighted by molar-refractivity contribution is -0.915. The average molecular weight is 308 g/mol. The number of carbonyl (C=O) groups is 1. The summed E-state index contributed by atoms with van der Waals surface area (Å²) >= 11 is 0. The molecule has 0 saturated carbocycles. The molecule has 1 fully saturated rings. The molecule has 0 aromatic heterocycles. The SMILES string of the molecule is CCOc1cc(C=O)ccc1OCC[NH+]1C[C@@H](C)O[C@@H](C)C1. The summed E-state index contributed by atoms with van der Waals surface area (Å²) in [5.41, 5.74) is 0.595. The van der Waals surface area contributed by atoms with Crippen LogP contribution < -0.4 is 14.4 Å². The molecule has 0 aliphatic carbocycles. The minimum atomic E-state index is 0.296. The van der Waals surface area contributed by atoms with Gasteiger partial charge in [0.2, 0.25) is 0 Å². The smallest absolute Gasteiger partial charge is 0.161 e. The van der Waals surface area contributed by atoms with Crippen LogP contribution in [0, 0.1) is 0 Å². The highest BCUT2D eigenvalue weighted by molar-refractivity contribution is 5.76. The maximum atomic E-state index is 10.8. The molecular formula is C17H26NO4+. The fourth-order valence-corrected chi connectivity index (χ4v) is 2.88. The van der Waals surface area contributed by atoms with Crippen molar-refractivity contribution in [1.29, 1.82) is 0 Å². The fraction of sp³-hybridized carbons (Fsp3) is 0.588. The van der Waals surface area contributed by atoms with E-state index >= 15 is 0 Å². The lowest BCUT2D eigenvalue weighted by Crippen LogP contribution is -3.16. The number of hydrogen-bond donors (Lipinski definition) is 1. The van der Waals surface area contributed by atoms with Crippen LogP contribution in [0.1, 0.15) is 31.1 Å². The number of aldehydes is 1. The summed E-state index contributed by atoms with van der Waals surface area (Å²) < 4.78 is 17.1. The third kappa shape index (κ3) is 4.71. The van der Waals surface area contributed by atoms with Crippen LogP contribution >= 0.6 is 0 Å². The van der Waals surface area contributed by atoms with E-state index in [1.54, 1.807) is 18.2 Å². The van der Waals surface area contributed by atoms with Gasteiger partial charge in [0, 0.05) is 5.56 Å². The Bertz CT molecular complexity index is 482. The van der Waals surface area contributed by atoms with Gasteiger partial charge in [-0.15, -0.1) is 0 Å². The quantitative estimate of drug-likeness (QED) is 0.763. The average Bonchev–Trinajstić information content (AvgIpc) is 2.48. The van der Waals surface area contributed by atoms with Crippen LogP contribution in [0.5, 0.6) is 11.5 Å². The van der Waals surface area contributed by atoms with Crippen LogP contribution in [0.3, 0.4) is 0 Å². The van der Waals surface area contributed by atoms with Gasteiger partial charge >= 0.3 is 0 Å². The van der Waals surface area contributed by atoms with Gasteiger partial charge in [-0.05, 0) is 39.0 Å². The van der Waals surface area contributed by atoms with Crippen LogP contribution in [0.25, 0.3) is 0 Å². The Morgan fingerprint density at radius 1 is 1.23 bits per heavy atom. The maximum absolute atomic E-state index is 10.8. The van der Waals surface area contributed by atoms with E-state index in [9.17, 15) is 4.79 Å². The Morgan fingerprint density at radius 2 is 1.95 bits per heavy atom. The van der Waals surface area contributed by atoms with Gasteiger partial charge in [-0.3, -0.25) is 4.79 Å². The molecule has 1 aliphatic rings. The van der Waals surface area contributed by atoms with E-state index in [0.29, 0.717) is 42.5 Å². The maximum Gasteiger partial charge on any atom is 0.161 e. The van der Waals surface area contributed by atoms with Crippen molar-refractivity contribution in [2.45, 2.75) is 33.0 Å². The van der Waals surface area contributed by atoms with Gasteiger partial charge in [0.15, 0.2) is 11.5 Å². The highest BCUT2D eigenvalue weighted by Crippen LogP contribution is 2.27. The summed E-state index contributed by atoms with van der Waals surface area (Å²) in [5.74, 6) is 1.33. The van der Waals surface area contributed by atoms with Gasteiger partial charge in [-0.25, -0.2) is 0 Å². The first-order chi connectivity index (χ1) is 10.6. The van der Waals surface area contributed by atoms with Crippen LogP contribution in [-0.4, -0.2) is 51.3 Å². The molecule has 1 heterocycles. The molecule has 0 amide bonds. The van der Waals surface area contributed by atoms with Gasteiger partial charge in [0.05, 0.1) is 6.61 Å². The van der Waals surface area contributed by atoms with Crippen LogP contribution in [-0.2, 0) is 4.74 Å². The van der Waals surface area contributed by atoms with Crippen LogP contribution in [0.2, 0.25) is 0 Å². The number of morpholine rings is 1. The zero-order valence-electron chi connectivity index (χ0n) is 13.6. The van der Waals surface area contributed by atoms with Crippen molar-refractivity contribution in [3.63, 3.8) is 0 Å². The molecular weight excluding hydrogens is 282 g/mol. The third-order valence-corrected chi connectivity index (χ3v) is 3.73. The monoisotopic (exact) mass is 308 g/mol. The molecule has 1 aromatic carbocycles. The molecule has 0 radical (unpaired) electrons. The number of quaternary nitrogens is 1. The van der Waals surface area contributed by atoms with Gasteiger partial charge in [-0.1, -0.05) is 0 Å². The second kappa shape index (κ2) is 8.15. The van der Waals surface area contributed by atoms with E-state index in [-0.39, 0.29) is 0 Å². The Labute approximate surface area is 132 Å². The van der Waals surface area contributed by atoms with E-state index < -0.39 is 0 Å². The first-order valence-electron chi connectivity index (χ1n) is 7.96. The van der Waals surface area contributed by atoms with E-state index in [1.807, 2.05) is 6.92 Å². The van der Waals surface area contributed by atoms with Gasteiger partial charge < -0.3 is 19.1 Å². The molecule has 0 spiro atoms. The highest BCUT2D eigenvalue weighted by Gasteiger charge is 2.25. The molecule has 22 heavy (non-hydrogen) atoms. The summed E-state index contributed by atoms with van der Waals surface area (Å²) in [5, 5.41) is 0. The van der Waals surface area contributed by atoms with Gasteiger partial charge in [0.1, 0.15) is 44.7 Å². The largest absolute Gasteiger partial charge is 0.490 e. The summed E-state index contributed by atoms with van der Waals surface area (Å²) in [6, 6.07) is 5.27. The zero-order valence-corrected chi connectivity index (χ0v) is 13.6. The summed E-state index contributed by atoms with van der Waals surface area (Å²) in [7, 11) is 0. The second-order valence-corrected chi connectivity index (χ2v) is 5.77. The van der Waals surface area contributed by atoms with Crippen molar-refractivity contribution in [3.05, 3.63) is 23.8 Å². The second-order valence-electron chi connectivity index (χ2n) is 5.77. The fourth-order valence-electron chi connectivity index (χ4n) is 2.88. The topological polar surface area (TPSA) is 49.2 Å². The standard InChI is InChI=1S/C17H25NO4/c1-4-20-17-9-15(12-19)5-6-16(17)21-8-7-18-10-13(2)22-14(3)11-18/h5-6,9,12-14H,4,7-8,10-11H2,1-3H3/p+1/t13-,14+. The summed E-state index contributed by atoms with van der Waals surface area (Å²) in [4.78, 5) is 12.3. The Hall–Kier alpha value is -1.59. The van der Waals surface area contributed by atoms with Gasteiger partial charge in [0.25, 0.3) is 0 Å². The normalized spacial score (nSPS) is 24.8. The van der Waals surface area contributed by atoms with Crippen molar-refractivity contribution in [2.24, 2.45) is 0 Å². The number of rotatable bonds is 7. The molecule has 5 nitrogen and oxygen atoms in total. The number of carbonyl (C=O) groups excluding carboxylic acids is 1. The number of hydrogen-bond acceptors (Lipinski definition) is 4. The summed E-state index contributed by atoms with van der Waals surface area (Å²) in [6.45, 7) is 10.3. The van der Waals surface area contributed by atoms with Crippen molar-refractivity contribution < 1.29 is 23.9 Å². The van der Waals surface area contributed by atoms with Crippen molar-refractivity contribution >= 4 is 6.29 Å². The molecule has 122 valence electrons. The van der Waals surface area contributed by atoms with Crippen molar-refractivity contribution in [3.8, 4) is 11.5 Å². The van der Waals surface area contributed by atoms with E-state index in [1.165, 1.54) is 4.90 Å². The highest BCUT2D eigenvalue weighted by atomic mass is 16.5. The molecule has 1 aromatic rings. The Kier molecular flexibility index (Phi) is 6.21. The molecule has 1 unspecified atom stereocenters. The predicted octanol–water partition coefficient (Wildman–Crippen LogP) is 0.969. The lowest BCUT2D eigenvalue weighted by Gasteiger charge is -2.32. The Morgan fingerprint density at radius 3 is 2.59 bits per heavy atom. The molecule has 1 saturated heterocycles. The van der Waals surface area contributed by atoms with E-state index in [0.717, 1.165) is 25.9 Å². The number of ether oxygens (including phenoxy) is 3. The first-order valence-corrected chi connectivity index (χ1v) is 7.96. The molecule has 3 atom stereocenters. The number of nitrogens with one attached hydrogen (secondary N) is 1. The minimum Gasteiger partial charge on any atom is -0.490 e. The van der Waals surface area contributed by atoms with Crippen LogP contribution in [0.15, 0.2) is 18.2 Å². The molecule has 1 N–H and O–H groups in total. The van der Waals surface area contributed by atoms with E-state index in [4.69, 9.17) is 14.2 Å². The first kappa shape index (κ1) is 16.8. The third-order valence-electron chi connectivity index (χ3n) is 3.73. The van der Waals surface area contributed by atoms with Crippen molar-refractivity contribution in [1.82, 2.24) is 0 Å². The molecule has 1 aliphatic heterocycles. The van der Waals surface area contributed by atoms with Crippen LogP contribution in [0.4, 0.5) is 0 Å². The predicted molar refractivity (Wildman–Crippen MR) is 84.1 cm³/mol. The number of benzene rings is 1. The van der Waals surface area contributed by atoms with Crippen molar-refractivity contribution in [2.75, 3.05) is 32.8 Å². The molecule has 5 heteroatoms. The zero-order chi connectivity index (χ0) is 15.9. The molecule has 0 bridgehead atoms. The summed E-state index contributed by atoms with van der Waals surface area (Å²) in [6.07, 6.45) is 1.40.